The minimum atomic E-state index is -1.47. The zero-order chi connectivity index (χ0) is 25.3. The summed E-state index contributed by atoms with van der Waals surface area (Å²) in [6.07, 6.45) is 0.367. The lowest BCUT2D eigenvalue weighted by Gasteiger charge is -2.17. The summed E-state index contributed by atoms with van der Waals surface area (Å²) in [4.78, 5) is 34.2. The van der Waals surface area contributed by atoms with Crippen LogP contribution in [-0.4, -0.2) is 52.5 Å². The molecule has 0 spiro atoms. The summed E-state index contributed by atoms with van der Waals surface area (Å²) in [5, 5.41) is 17.4. The number of anilines is 1. The summed E-state index contributed by atoms with van der Waals surface area (Å²) in [6.45, 7) is 4.15. The van der Waals surface area contributed by atoms with E-state index in [2.05, 4.69) is 15.8 Å². The molecule has 0 bridgehead atoms. The Morgan fingerprint density at radius 3 is 2.62 bits per heavy atom. The Morgan fingerprint density at radius 1 is 1.24 bits per heavy atom. The van der Waals surface area contributed by atoms with Gasteiger partial charge < -0.3 is 20.6 Å². The van der Waals surface area contributed by atoms with Crippen molar-refractivity contribution in [3.63, 3.8) is 0 Å². The molecular formula is C21H24F3IN4O5. The molecule has 2 rings (SSSR count). The molecule has 0 fully saturated rings. The van der Waals surface area contributed by atoms with Crippen molar-refractivity contribution in [3.05, 3.63) is 50.5 Å². The van der Waals surface area contributed by atoms with Crippen molar-refractivity contribution in [2.75, 3.05) is 25.1 Å². The first-order valence-corrected chi connectivity index (χ1v) is 12.5. The van der Waals surface area contributed by atoms with E-state index in [1.165, 1.54) is 23.9 Å². The molecule has 0 saturated heterocycles. The fraction of sp³-hybridized carbons (Fsp3) is 0.333. The van der Waals surface area contributed by atoms with E-state index in [-0.39, 0.29) is 18.0 Å². The van der Waals surface area contributed by atoms with Crippen molar-refractivity contribution in [1.29, 1.82) is 0 Å². The molecule has 2 amide bonds. The Hall–Kier alpha value is -2.78. The topological polar surface area (TPSA) is 121 Å². The van der Waals surface area contributed by atoms with Gasteiger partial charge in [0.15, 0.2) is 17.5 Å². The second kappa shape index (κ2) is 13.2. The minimum absolute atomic E-state index is 0.146. The molecule has 0 saturated carbocycles. The van der Waals surface area contributed by atoms with E-state index >= 15 is 4.39 Å². The van der Waals surface area contributed by atoms with Gasteiger partial charge in [-0.3, -0.25) is 14.4 Å². The van der Waals surface area contributed by atoms with E-state index in [0.29, 0.717) is 6.54 Å². The van der Waals surface area contributed by atoms with Gasteiger partial charge in [0.25, 0.3) is 11.8 Å². The maximum atomic E-state index is 15.1. The van der Waals surface area contributed by atoms with Crippen molar-refractivity contribution in [1.82, 2.24) is 10.8 Å². The third-order valence-electron chi connectivity index (χ3n) is 4.25. The molecule has 34 heavy (non-hydrogen) atoms. The lowest BCUT2D eigenvalue weighted by molar-refractivity contribution is -0.131. The Morgan fingerprint density at radius 2 is 1.97 bits per heavy atom. The molecule has 1 aromatic rings. The van der Waals surface area contributed by atoms with Gasteiger partial charge >= 0.3 is 0 Å². The number of carbonyl (C=O) groups is 2. The number of allylic oxidation sites excluding steroid dienone is 2. The lowest BCUT2D eigenvalue weighted by Crippen LogP contribution is -2.33. The fourth-order valence-electron chi connectivity index (χ4n) is 2.55. The first-order valence-electron chi connectivity index (χ1n) is 10.0. The van der Waals surface area contributed by atoms with Gasteiger partial charge in [0.1, 0.15) is 0 Å². The minimum Gasteiger partial charge on any atom is -0.394 e. The van der Waals surface area contributed by atoms with Crippen molar-refractivity contribution >= 4 is 48.0 Å². The molecule has 1 aliphatic rings. The van der Waals surface area contributed by atoms with Crippen LogP contribution in [0, 0.1) is 11.6 Å². The molecule has 1 unspecified atom stereocenters. The number of oxime groups is 1. The molecule has 13 heteroatoms. The summed E-state index contributed by atoms with van der Waals surface area (Å²) in [7, 11) is 0. The number of likely N-dealkylation sites (N-methyl/N-ethyl adjacent to an activating group) is 1. The number of amides is 2. The molecular weight excluding hydrogens is 572 g/mol. The molecule has 0 radical (unpaired) electrons. The van der Waals surface area contributed by atoms with Gasteiger partial charge in [0, 0.05) is 16.1 Å². The predicted molar refractivity (Wildman–Crippen MR) is 129 cm³/mol. The van der Waals surface area contributed by atoms with Crippen molar-refractivity contribution in [2.24, 2.45) is 5.16 Å². The summed E-state index contributed by atoms with van der Waals surface area (Å²) in [6, 6.07) is 0.985. The third kappa shape index (κ3) is 7.11. The standard InChI is InChI=1S/C21H24F3IN4O5/c1-4-26-20(31)12(3)34-28-11(2)13-9-14(21(32)29-33-8-7-30)19(18(24)17(13)23)27-16-5-6-25-10-15(16)22/h5-6,9-10,12,27,30H,4,7-8H2,1-3H3,(H,26,31)(H,29,32)/b28-11+. The first-order chi connectivity index (χ1) is 16.2. The highest BCUT2D eigenvalue weighted by atomic mass is 127. The maximum Gasteiger partial charge on any atom is 0.277 e. The summed E-state index contributed by atoms with van der Waals surface area (Å²) in [5.41, 5.74) is 0.214. The van der Waals surface area contributed by atoms with E-state index in [1.54, 1.807) is 11.0 Å². The van der Waals surface area contributed by atoms with Crippen LogP contribution in [0.2, 0.25) is 0 Å². The zero-order valence-electron chi connectivity index (χ0n) is 18.5. The van der Waals surface area contributed by atoms with E-state index in [4.69, 9.17) is 14.8 Å². The summed E-state index contributed by atoms with van der Waals surface area (Å²) in [5.74, 6) is -4.94. The third-order valence-corrected chi connectivity index (χ3v) is 5.93. The van der Waals surface area contributed by atoms with Crippen molar-refractivity contribution < 1.29 is 37.5 Å². The first kappa shape index (κ1) is 27.5. The normalized spacial score (nSPS) is 14.4. The van der Waals surface area contributed by atoms with Crippen LogP contribution < -0.4 is 16.1 Å². The van der Waals surface area contributed by atoms with Gasteiger partial charge in [-0.25, -0.2) is 18.7 Å². The summed E-state index contributed by atoms with van der Waals surface area (Å²) < 4.78 is 47.2. The molecule has 1 atom stereocenters. The smallest absolute Gasteiger partial charge is 0.277 e. The van der Waals surface area contributed by atoms with Crippen LogP contribution in [0.5, 0.6) is 0 Å². The number of nitrogens with zero attached hydrogens (tertiary/aromatic N) is 1. The van der Waals surface area contributed by atoms with Gasteiger partial charge in [-0.05, 0) is 37.0 Å². The number of hydrogen-bond donors (Lipinski definition) is 4. The van der Waals surface area contributed by atoms with Crippen LogP contribution in [0.3, 0.4) is 0 Å². The Kier molecular flexibility index (Phi) is 10.7. The average molecular weight is 596 g/mol. The van der Waals surface area contributed by atoms with E-state index in [1.807, 2.05) is 5.48 Å². The highest BCUT2D eigenvalue weighted by Crippen LogP contribution is 2.30. The van der Waals surface area contributed by atoms with Gasteiger partial charge in [-0.15, -0.1) is 0 Å². The lowest BCUT2D eigenvalue weighted by atomic mass is 10.0. The Balaban J connectivity index is 2.48. The van der Waals surface area contributed by atoms with E-state index < -0.39 is 79.5 Å². The highest BCUT2D eigenvalue weighted by Gasteiger charge is 2.25. The number of aliphatic hydroxyl groups excluding tert-OH is 1. The Bertz CT molecular complexity index is 1060. The van der Waals surface area contributed by atoms with Crippen LogP contribution in [0.15, 0.2) is 32.9 Å². The van der Waals surface area contributed by atoms with Crippen molar-refractivity contribution in [2.45, 2.75) is 26.9 Å². The zero-order valence-corrected chi connectivity index (χ0v) is 20.7. The largest absolute Gasteiger partial charge is 0.394 e. The Labute approximate surface area is 203 Å². The second-order valence-corrected chi connectivity index (χ2v) is 8.77. The molecule has 1 aliphatic heterocycles. The summed E-state index contributed by atoms with van der Waals surface area (Å²) >= 11 is -0.634. The quantitative estimate of drug-likeness (QED) is 0.135. The number of hydrogen-bond acceptors (Lipinski definition) is 7. The van der Waals surface area contributed by atoms with Gasteiger partial charge in [0.2, 0.25) is 6.10 Å². The number of rotatable bonds is 11. The van der Waals surface area contributed by atoms with Crippen LogP contribution in [0.1, 0.15) is 36.7 Å². The van der Waals surface area contributed by atoms with E-state index in [0.717, 1.165) is 6.07 Å². The number of carbonyl (C=O) groups excluding carboxylic acids is 2. The number of halogens is 4. The van der Waals surface area contributed by atoms with Crippen LogP contribution in [-0.2, 0) is 14.5 Å². The average Bonchev–Trinajstić information content (AvgIpc) is 2.81. The van der Waals surface area contributed by atoms with Crippen LogP contribution in [0.4, 0.5) is 18.9 Å². The van der Waals surface area contributed by atoms with Gasteiger partial charge in [0.05, 0.1) is 35.9 Å². The van der Waals surface area contributed by atoms with E-state index in [9.17, 15) is 18.4 Å². The number of benzene rings is 1. The molecule has 9 nitrogen and oxygen atoms in total. The second-order valence-electron chi connectivity index (χ2n) is 6.71. The van der Waals surface area contributed by atoms with Gasteiger partial charge in [-0.1, -0.05) is 25.9 Å². The monoisotopic (exact) mass is 596 g/mol. The van der Waals surface area contributed by atoms with Crippen LogP contribution >= 0.6 is 20.7 Å². The highest BCUT2D eigenvalue weighted by molar-refractivity contribution is 14.2. The molecule has 1 aromatic carbocycles. The van der Waals surface area contributed by atoms with Crippen LogP contribution in [0.25, 0.3) is 0 Å². The SMILES string of the molecule is CCNC(=O)C(C)O/N=C(\C)c1cc(C(=O)NOCCO)c(NC2=C(F)C=IC=C2)c(F)c1F. The number of hydroxylamine groups is 1. The van der Waals surface area contributed by atoms with Gasteiger partial charge in [-0.2, -0.15) is 0 Å². The molecule has 0 aromatic heterocycles. The fourth-order valence-corrected chi connectivity index (χ4v) is 3.97. The van der Waals surface area contributed by atoms with Crippen molar-refractivity contribution in [3.8, 4) is 0 Å². The molecule has 1 heterocycles. The maximum absolute atomic E-state index is 15.1. The number of nitrogens with one attached hydrogen (secondary N) is 3. The number of aliphatic hydroxyl groups is 1. The molecule has 186 valence electrons. The molecule has 4 N–H and O–H groups in total. The predicted octanol–water partition coefficient (Wildman–Crippen LogP) is 2.78. The molecule has 0 aliphatic carbocycles.